The topological polar surface area (TPSA) is 77.1 Å². The molecule has 0 rings (SSSR count). The van der Waals surface area contributed by atoms with Crippen molar-refractivity contribution in [1.82, 2.24) is 10.2 Å². The number of rotatable bonds is 8. The summed E-state index contributed by atoms with van der Waals surface area (Å²) in [6, 6.07) is -0.727. The molecule has 1 amide bonds. The quantitative estimate of drug-likeness (QED) is 0.675. The molecule has 7 nitrogen and oxygen atoms in total. The monoisotopic (exact) mass is 304 g/mol. The van der Waals surface area contributed by atoms with E-state index in [0.717, 1.165) is 6.54 Å². The van der Waals surface area contributed by atoms with Gasteiger partial charge in [0.05, 0.1) is 13.7 Å². The Bertz CT molecular complexity index is 328. The molecule has 21 heavy (non-hydrogen) atoms. The number of hydrogen-bond donors (Lipinski definition) is 1. The number of esters is 1. The molecular weight excluding hydrogens is 276 g/mol. The molecule has 0 aliphatic carbocycles. The molecule has 0 aromatic heterocycles. The average molecular weight is 304 g/mol. The molecule has 0 aromatic rings. The Labute approximate surface area is 126 Å². The van der Waals surface area contributed by atoms with E-state index in [9.17, 15) is 9.59 Å². The molecule has 1 N–H and O–H groups in total. The van der Waals surface area contributed by atoms with Gasteiger partial charge in [-0.25, -0.2) is 9.59 Å². The number of ether oxygens (including phenoxy) is 3. The van der Waals surface area contributed by atoms with Gasteiger partial charge in [-0.2, -0.15) is 0 Å². The van der Waals surface area contributed by atoms with Gasteiger partial charge in [0.1, 0.15) is 11.6 Å². The van der Waals surface area contributed by atoms with Gasteiger partial charge in [-0.15, -0.1) is 0 Å². The highest BCUT2D eigenvalue weighted by molar-refractivity contribution is 5.81. The van der Waals surface area contributed by atoms with Crippen molar-refractivity contribution in [2.45, 2.75) is 38.8 Å². The second-order valence-electron chi connectivity index (χ2n) is 5.81. The number of amides is 1. The molecule has 0 saturated heterocycles. The van der Waals surface area contributed by atoms with E-state index in [4.69, 9.17) is 14.2 Å². The van der Waals surface area contributed by atoms with E-state index in [1.54, 1.807) is 27.9 Å². The van der Waals surface area contributed by atoms with Crippen LogP contribution in [0.4, 0.5) is 4.79 Å². The van der Waals surface area contributed by atoms with Gasteiger partial charge in [-0.05, 0) is 34.2 Å². The van der Waals surface area contributed by atoms with E-state index in [2.05, 4.69) is 5.32 Å². The van der Waals surface area contributed by atoms with Crippen LogP contribution >= 0.6 is 0 Å². The maximum absolute atomic E-state index is 11.7. The Kier molecular flexibility index (Phi) is 8.96. The minimum atomic E-state index is -0.727. The van der Waals surface area contributed by atoms with Crippen molar-refractivity contribution in [3.63, 3.8) is 0 Å². The Morgan fingerprint density at radius 3 is 2.29 bits per heavy atom. The minimum Gasteiger partial charge on any atom is -0.467 e. The van der Waals surface area contributed by atoms with Crippen molar-refractivity contribution < 1.29 is 23.8 Å². The Balaban J connectivity index is 4.40. The zero-order chi connectivity index (χ0) is 16.5. The van der Waals surface area contributed by atoms with Crippen molar-refractivity contribution in [2.75, 3.05) is 41.0 Å². The summed E-state index contributed by atoms with van der Waals surface area (Å²) < 4.78 is 14.8. The number of alkyl carbamates (subject to hydrolysis) is 1. The fraction of sp³-hybridized carbons (Fsp3) is 0.857. The van der Waals surface area contributed by atoms with E-state index in [-0.39, 0.29) is 0 Å². The highest BCUT2D eigenvalue weighted by Gasteiger charge is 2.25. The smallest absolute Gasteiger partial charge is 0.408 e. The number of carbonyl (C=O) groups excluding carboxylic acids is 2. The second-order valence-corrected chi connectivity index (χ2v) is 5.81. The zero-order valence-corrected chi connectivity index (χ0v) is 13.9. The molecule has 0 aliphatic rings. The van der Waals surface area contributed by atoms with Gasteiger partial charge >= 0.3 is 12.1 Å². The van der Waals surface area contributed by atoms with E-state index in [1.807, 2.05) is 11.9 Å². The summed E-state index contributed by atoms with van der Waals surface area (Å²) in [7, 11) is 4.84. The maximum Gasteiger partial charge on any atom is 0.408 e. The molecule has 0 aromatic carbocycles. The largest absolute Gasteiger partial charge is 0.467 e. The Hall–Kier alpha value is -1.34. The SMILES string of the molecule is COCCN(C)CCC(NC(=O)OC(C)(C)C)C(=O)OC. The normalized spacial score (nSPS) is 12.9. The van der Waals surface area contributed by atoms with Crippen molar-refractivity contribution in [3.05, 3.63) is 0 Å². The third kappa shape index (κ3) is 10.1. The predicted octanol–water partition coefficient (Wildman–Crippen LogP) is 1.02. The Morgan fingerprint density at radius 2 is 1.81 bits per heavy atom. The van der Waals surface area contributed by atoms with E-state index in [0.29, 0.717) is 19.6 Å². The van der Waals surface area contributed by atoms with Crippen LogP contribution in [0.25, 0.3) is 0 Å². The van der Waals surface area contributed by atoms with E-state index >= 15 is 0 Å². The van der Waals surface area contributed by atoms with Gasteiger partial charge in [-0.1, -0.05) is 0 Å². The molecule has 0 saturated carbocycles. The third-order valence-corrected chi connectivity index (χ3v) is 2.65. The summed E-state index contributed by atoms with van der Waals surface area (Å²) in [6.07, 6.45) is -0.191. The first-order valence-electron chi connectivity index (χ1n) is 6.94. The van der Waals surface area contributed by atoms with Crippen molar-refractivity contribution >= 4 is 12.1 Å². The highest BCUT2D eigenvalue weighted by atomic mass is 16.6. The molecule has 7 heteroatoms. The van der Waals surface area contributed by atoms with Gasteiger partial charge < -0.3 is 24.4 Å². The molecule has 1 atom stereocenters. The van der Waals surface area contributed by atoms with Crippen LogP contribution in [0.5, 0.6) is 0 Å². The third-order valence-electron chi connectivity index (χ3n) is 2.65. The molecule has 0 bridgehead atoms. The van der Waals surface area contributed by atoms with E-state index < -0.39 is 23.7 Å². The molecule has 0 heterocycles. The molecule has 1 unspecified atom stereocenters. The van der Waals surface area contributed by atoms with E-state index in [1.165, 1.54) is 7.11 Å². The summed E-state index contributed by atoms with van der Waals surface area (Å²) >= 11 is 0. The molecule has 124 valence electrons. The van der Waals surface area contributed by atoms with Crippen molar-refractivity contribution in [1.29, 1.82) is 0 Å². The lowest BCUT2D eigenvalue weighted by Crippen LogP contribution is -2.45. The van der Waals surface area contributed by atoms with Gasteiger partial charge in [0.25, 0.3) is 0 Å². The van der Waals surface area contributed by atoms with Crippen molar-refractivity contribution in [2.24, 2.45) is 0 Å². The molecular formula is C14H28N2O5. The predicted molar refractivity (Wildman–Crippen MR) is 79.2 cm³/mol. The highest BCUT2D eigenvalue weighted by Crippen LogP contribution is 2.07. The van der Waals surface area contributed by atoms with Crippen LogP contribution in [0, 0.1) is 0 Å². The summed E-state index contributed by atoms with van der Waals surface area (Å²) in [5.74, 6) is -0.485. The standard InChI is InChI=1S/C14H28N2O5/c1-14(2,3)21-13(18)15-11(12(17)20-6)7-8-16(4)9-10-19-5/h11H,7-10H2,1-6H3,(H,15,18). The van der Waals surface area contributed by atoms with Gasteiger partial charge in [0, 0.05) is 20.2 Å². The molecule has 0 radical (unpaired) electrons. The summed E-state index contributed by atoms with van der Waals surface area (Å²) in [5.41, 5.74) is -0.611. The Morgan fingerprint density at radius 1 is 1.19 bits per heavy atom. The van der Waals surface area contributed by atoms with Crippen LogP contribution in [-0.2, 0) is 19.0 Å². The average Bonchev–Trinajstić information content (AvgIpc) is 2.37. The van der Waals surface area contributed by atoms with Crippen LogP contribution in [0.1, 0.15) is 27.2 Å². The summed E-state index contributed by atoms with van der Waals surface area (Å²) in [5, 5.41) is 2.54. The first kappa shape index (κ1) is 19.7. The minimum absolute atomic E-state index is 0.437. The number of likely N-dealkylation sites (N-methyl/N-ethyl adjacent to an activating group) is 1. The zero-order valence-electron chi connectivity index (χ0n) is 13.9. The first-order valence-corrected chi connectivity index (χ1v) is 6.94. The number of carbonyl (C=O) groups is 2. The van der Waals surface area contributed by atoms with Crippen LogP contribution in [0.3, 0.4) is 0 Å². The number of nitrogens with zero attached hydrogens (tertiary/aromatic N) is 1. The fourth-order valence-corrected chi connectivity index (χ4v) is 1.55. The maximum atomic E-state index is 11.7. The number of nitrogens with one attached hydrogen (secondary N) is 1. The van der Waals surface area contributed by atoms with Gasteiger partial charge in [-0.3, -0.25) is 0 Å². The van der Waals surface area contributed by atoms with Crippen LogP contribution < -0.4 is 5.32 Å². The lowest BCUT2D eigenvalue weighted by molar-refractivity contribution is -0.143. The first-order chi connectivity index (χ1) is 9.69. The van der Waals surface area contributed by atoms with Crippen LogP contribution in [0.15, 0.2) is 0 Å². The molecule has 0 spiro atoms. The molecule has 0 aliphatic heterocycles. The number of methoxy groups -OCH3 is 2. The molecule has 0 fully saturated rings. The van der Waals surface area contributed by atoms with Gasteiger partial charge in [0.2, 0.25) is 0 Å². The summed E-state index contributed by atoms with van der Waals surface area (Å²) in [4.78, 5) is 25.4. The fourth-order valence-electron chi connectivity index (χ4n) is 1.55. The van der Waals surface area contributed by atoms with Gasteiger partial charge in [0.15, 0.2) is 0 Å². The second kappa shape index (κ2) is 9.57. The van der Waals surface area contributed by atoms with Crippen molar-refractivity contribution in [3.8, 4) is 0 Å². The van der Waals surface area contributed by atoms with Crippen LogP contribution in [0.2, 0.25) is 0 Å². The lowest BCUT2D eigenvalue weighted by atomic mass is 10.2. The summed E-state index contributed by atoms with van der Waals surface area (Å²) in [6.45, 7) is 7.27. The number of hydrogen-bond acceptors (Lipinski definition) is 6. The lowest BCUT2D eigenvalue weighted by Gasteiger charge is -2.24. The van der Waals surface area contributed by atoms with Crippen LogP contribution in [-0.4, -0.2) is 69.6 Å².